The molecule has 0 aliphatic heterocycles. The lowest BCUT2D eigenvalue weighted by atomic mass is 9.93. The van der Waals surface area contributed by atoms with E-state index in [2.05, 4.69) is 19.9 Å². The van der Waals surface area contributed by atoms with Gasteiger partial charge in [0, 0.05) is 32.3 Å². The summed E-state index contributed by atoms with van der Waals surface area (Å²) >= 11 is 0. The van der Waals surface area contributed by atoms with Crippen LogP contribution in [0.4, 0.5) is 0 Å². The van der Waals surface area contributed by atoms with Crippen LogP contribution in [0.3, 0.4) is 0 Å². The van der Waals surface area contributed by atoms with Gasteiger partial charge in [-0.25, -0.2) is 0 Å². The van der Waals surface area contributed by atoms with E-state index >= 15 is 0 Å². The molecular weight excluding hydrogens is 252 g/mol. The fourth-order valence-electron chi connectivity index (χ4n) is 2.99. The molecule has 2 atom stereocenters. The smallest absolute Gasteiger partial charge is 0.160 e. The van der Waals surface area contributed by atoms with Crippen LogP contribution in [0.25, 0.3) is 5.65 Å². The van der Waals surface area contributed by atoms with Gasteiger partial charge in [0.2, 0.25) is 0 Å². The van der Waals surface area contributed by atoms with E-state index in [-0.39, 0.29) is 0 Å². The first-order valence-electron chi connectivity index (χ1n) is 7.41. The Bertz CT molecular complexity index is 554. The summed E-state index contributed by atoms with van der Waals surface area (Å²) in [6, 6.07) is 6.55. The van der Waals surface area contributed by atoms with E-state index < -0.39 is 0 Å². The summed E-state index contributed by atoms with van der Waals surface area (Å²) in [5.74, 6) is 1.02. The number of methoxy groups -OCH3 is 1. The molecule has 2 unspecified atom stereocenters. The SMILES string of the molecule is COC1CCCC(NCCc2nnc3ccccn23)C1. The third-order valence-electron chi connectivity index (χ3n) is 4.13. The van der Waals surface area contributed by atoms with E-state index in [4.69, 9.17) is 4.74 Å². The van der Waals surface area contributed by atoms with Crippen LogP contribution in [0, 0.1) is 0 Å². The van der Waals surface area contributed by atoms with Crippen molar-refractivity contribution in [3.05, 3.63) is 30.2 Å². The van der Waals surface area contributed by atoms with Crippen LogP contribution < -0.4 is 5.32 Å². The molecule has 108 valence electrons. The fourth-order valence-corrected chi connectivity index (χ4v) is 2.99. The Morgan fingerprint density at radius 2 is 2.30 bits per heavy atom. The molecule has 1 N–H and O–H groups in total. The van der Waals surface area contributed by atoms with Crippen molar-refractivity contribution >= 4 is 5.65 Å². The van der Waals surface area contributed by atoms with E-state index in [9.17, 15) is 0 Å². The van der Waals surface area contributed by atoms with Crippen molar-refractivity contribution in [3.63, 3.8) is 0 Å². The molecular formula is C15H22N4O. The van der Waals surface area contributed by atoms with Crippen LogP contribution in [0.5, 0.6) is 0 Å². The van der Waals surface area contributed by atoms with Gasteiger partial charge in [-0.15, -0.1) is 10.2 Å². The number of hydrogen-bond acceptors (Lipinski definition) is 4. The van der Waals surface area contributed by atoms with Crippen molar-refractivity contribution in [2.24, 2.45) is 0 Å². The zero-order valence-corrected chi connectivity index (χ0v) is 12.0. The largest absolute Gasteiger partial charge is 0.381 e. The summed E-state index contributed by atoms with van der Waals surface area (Å²) in [5.41, 5.74) is 0.916. The van der Waals surface area contributed by atoms with Crippen molar-refractivity contribution in [2.45, 2.75) is 44.2 Å². The van der Waals surface area contributed by atoms with Crippen molar-refractivity contribution in [1.82, 2.24) is 19.9 Å². The molecule has 2 aromatic heterocycles. The zero-order chi connectivity index (χ0) is 13.8. The number of nitrogens with zero attached hydrogens (tertiary/aromatic N) is 3. The summed E-state index contributed by atoms with van der Waals surface area (Å²) in [5, 5.41) is 12.1. The predicted octanol–water partition coefficient (Wildman–Crippen LogP) is 1.82. The monoisotopic (exact) mass is 274 g/mol. The topological polar surface area (TPSA) is 51.5 Å². The lowest BCUT2D eigenvalue weighted by Gasteiger charge is -2.28. The van der Waals surface area contributed by atoms with Crippen LogP contribution in [0.2, 0.25) is 0 Å². The highest BCUT2D eigenvalue weighted by Crippen LogP contribution is 2.20. The first-order valence-corrected chi connectivity index (χ1v) is 7.41. The minimum Gasteiger partial charge on any atom is -0.381 e. The van der Waals surface area contributed by atoms with Crippen molar-refractivity contribution < 1.29 is 4.74 Å². The Balaban J connectivity index is 1.52. The Kier molecular flexibility index (Phi) is 4.28. The number of fused-ring (bicyclic) bond motifs is 1. The van der Waals surface area contributed by atoms with E-state index in [0.29, 0.717) is 12.1 Å². The minimum atomic E-state index is 0.426. The number of pyridine rings is 1. The molecule has 0 amide bonds. The van der Waals surface area contributed by atoms with E-state index in [0.717, 1.165) is 30.9 Å². The molecule has 0 spiro atoms. The van der Waals surface area contributed by atoms with Crippen LogP contribution in [0.1, 0.15) is 31.5 Å². The van der Waals surface area contributed by atoms with Crippen molar-refractivity contribution in [2.75, 3.05) is 13.7 Å². The normalized spacial score (nSPS) is 23.2. The number of aromatic nitrogens is 3. The molecule has 2 aromatic rings. The third kappa shape index (κ3) is 2.99. The van der Waals surface area contributed by atoms with Gasteiger partial charge in [-0.05, 0) is 37.8 Å². The highest BCUT2D eigenvalue weighted by atomic mass is 16.5. The molecule has 5 heteroatoms. The standard InChI is InChI=1S/C15H22N4O/c1-20-13-6-4-5-12(11-13)16-9-8-15-18-17-14-7-2-3-10-19(14)15/h2-3,7,10,12-13,16H,4-6,8-9,11H2,1H3. The van der Waals surface area contributed by atoms with Gasteiger partial charge in [-0.2, -0.15) is 0 Å². The lowest BCUT2D eigenvalue weighted by molar-refractivity contribution is 0.0590. The Morgan fingerprint density at radius 1 is 1.35 bits per heavy atom. The molecule has 0 aromatic carbocycles. The maximum Gasteiger partial charge on any atom is 0.160 e. The van der Waals surface area contributed by atoms with Gasteiger partial charge in [0.25, 0.3) is 0 Å². The second kappa shape index (κ2) is 6.33. The second-order valence-corrected chi connectivity index (χ2v) is 5.47. The molecule has 1 fully saturated rings. The minimum absolute atomic E-state index is 0.426. The van der Waals surface area contributed by atoms with Gasteiger partial charge < -0.3 is 10.1 Å². The number of ether oxygens (including phenoxy) is 1. The summed E-state index contributed by atoms with van der Waals surface area (Å²) in [7, 11) is 1.81. The summed E-state index contributed by atoms with van der Waals surface area (Å²) in [4.78, 5) is 0. The quantitative estimate of drug-likeness (QED) is 0.903. The maximum atomic E-state index is 5.46. The van der Waals surface area contributed by atoms with E-state index in [1.165, 1.54) is 19.3 Å². The molecule has 20 heavy (non-hydrogen) atoms. The van der Waals surface area contributed by atoms with Gasteiger partial charge in [0.1, 0.15) is 5.82 Å². The lowest BCUT2D eigenvalue weighted by Crippen LogP contribution is -2.37. The highest BCUT2D eigenvalue weighted by molar-refractivity contribution is 5.36. The van der Waals surface area contributed by atoms with Crippen molar-refractivity contribution in [1.29, 1.82) is 0 Å². The third-order valence-corrected chi connectivity index (χ3v) is 4.13. The van der Waals surface area contributed by atoms with E-state index in [1.807, 2.05) is 31.5 Å². The Morgan fingerprint density at radius 3 is 3.20 bits per heavy atom. The predicted molar refractivity (Wildman–Crippen MR) is 77.7 cm³/mol. The van der Waals surface area contributed by atoms with Crippen LogP contribution in [0.15, 0.2) is 24.4 Å². The summed E-state index contributed by atoms with van der Waals surface area (Å²) in [6.45, 7) is 0.941. The molecule has 1 aliphatic carbocycles. The molecule has 0 bridgehead atoms. The maximum absolute atomic E-state index is 5.46. The number of hydrogen-bond donors (Lipinski definition) is 1. The molecule has 1 aliphatic rings. The molecule has 5 nitrogen and oxygen atoms in total. The number of rotatable bonds is 5. The zero-order valence-electron chi connectivity index (χ0n) is 12.0. The average Bonchev–Trinajstić information content (AvgIpc) is 2.91. The fraction of sp³-hybridized carbons (Fsp3) is 0.600. The van der Waals surface area contributed by atoms with Gasteiger partial charge in [0.15, 0.2) is 5.65 Å². The molecule has 0 saturated heterocycles. The van der Waals surface area contributed by atoms with E-state index in [1.54, 1.807) is 0 Å². The summed E-state index contributed by atoms with van der Waals surface area (Å²) < 4.78 is 7.52. The molecule has 0 radical (unpaired) electrons. The van der Waals surface area contributed by atoms with Crippen LogP contribution >= 0.6 is 0 Å². The molecule has 1 saturated carbocycles. The Hall–Kier alpha value is -1.46. The van der Waals surface area contributed by atoms with Gasteiger partial charge in [-0.3, -0.25) is 4.40 Å². The Labute approximate surface area is 119 Å². The van der Waals surface area contributed by atoms with Gasteiger partial charge >= 0.3 is 0 Å². The number of nitrogens with one attached hydrogen (secondary N) is 1. The highest BCUT2D eigenvalue weighted by Gasteiger charge is 2.21. The molecule has 3 rings (SSSR count). The second-order valence-electron chi connectivity index (χ2n) is 5.47. The molecule has 2 heterocycles. The first-order chi connectivity index (χ1) is 9.86. The summed E-state index contributed by atoms with van der Waals surface area (Å²) in [6.07, 6.45) is 8.17. The van der Waals surface area contributed by atoms with Crippen LogP contribution in [-0.2, 0) is 11.2 Å². The van der Waals surface area contributed by atoms with Crippen LogP contribution in [-0.4, -0.2) is 40.4 Å². The first kappa shape index (κ1) is 13.5. The van der Waals surface area contributed by atoms with Gasteiger partial charge in [0.05, 0.1) is 6.10 Å². The average molecular weight is 274 g/mol. The van der Waals surface area contributed by atoms with Gasteiger partial charge in [-0.1, -0.05) is 6.07 Å². The van der Waals surface area contributed by atoms with Crippen molar-refractivity contribution in [3.8, 4) is 0 Å².